The standard InChI is InChI=1S/C13H18FN4/c1-17-7-8-18(10-17)6-2-5-16-13-4-3-11(15)9-12(13)14/h3-4,7-10,16H,2,5-6,15H2,1H3/q+1. The van der Waals surface area contributed by atoms with Gasteiger partial charge >= 0.3 is 0 Å². The lowest BCUT2D eigenvalue weighted by molar-refractivity contribution is -0.671. The van der Waals surface area contributed by atoms with Gasteiger partial charge in [-0.2, -0.15) is 0 Å². The number of hydrogen-bond acceptors (Lipinski definition) is 2. The van der Waals surface area contributed by atoms with Crippen LogP contribution in [-0.2, 0) is 13.6 Å². The molecule has 0 saturated heterocycles. The monoisotopic (exact) mass is 249 g/mol. The van der Waals surface area contributed by atoms with E-state index in [4.69, 9.17) is 5.73 Å². The molecule has 1 heterocycles. The average molecular weight is 249 g/mol. The molecule has 0 radical (unpaired) electrons. The lowest BCUT2D eigenvalue weighted by Gasteiger charge is -2.07. The Morgan fingerprint density at radius 2 is 2.28 bits per heavy atom. The molecule has 18 heavy (non-hydrogen) atoms. The van der Waals surface area contributed by atoms with Gasteiger partial charge in [-0.25, -0.2) is 13.5 Å². The number of nitrogens with zero attached hydrogens (tertiary/aromatic N) is 2. The van der Waals surface area contributed by atoms with E-state index in [1.807, 2.05) is 30.3 Å². The van der Waals surface area contributed by atoms with Crippen molar-refractivity contribution < 1.29 is 8.96 Å². The molecule has 0 aliphatic rings. The molecule has 5 heteroatoms. The second-order valence-electron chi connectivity index (χ2n) is 4.34. The van der Waals surface area contributed by atoms with Crippen molar-refractivity contribution in [2.75, 3.05) is 17.6 Å². The Bertz CT molecular complexity index is 521. The summed E-state index contributed by atoms with van der Waals surface area (Å²) in [6, 6.07) is 4.69. The number of aryl methyl sites for hydroxylation is 2. The van der Waals surface area contributed by atoms with Gasteiger partial charge < -0.3 is 11.1 Å². The van der Waals surface area contributed by atoms with E-state index in [2.05, 4.69) is 9.88 Å². The Morgan fingerprint density at radius 3 is 2.94 bits per heavy atom. The maximum absolute atomic E-state index is 13.5. The predicted octanol–water partition coefficient (Wildman–Crippen LogP) is 1.54. The molecule has 0 amide bonds. The van der Waals surface area contributed by atoms with Crippen molar-refractivity contribution in [1.29, 1.82) is 0 Å². The minimum Gasteiger partial charge on any atom is -0.399 e. The van der Waals surface area contributed by atoms with Crippen LogP contribution in [0.25, 0.3) is 0 Å². The van der Waals surface area contributed by atoms with E-state index in [-0.39, 0.29) is 5.82 Å². The Hall–Kier alpha value is -2.04. The minimum atomic E-state index is -0.303. The van der Waals surface area contributed by atoms with E-state index < -0.39 is 0 Å². The lowest BCUT2D eigenvalue weighted by Crippen LogP contribution is -2.23. The van der Waals surface area contributed by atoms with Crippen LogP contribution >= 0.6 is 0 Å². The highest BCUT2D eigenvalue weighted by Crippen LogP contribution is 2.16. The fourth-order valence-corrected chi connectivity index (χ4v) is 1.79. The molecule has 0 aliphatic carbocycles. The third-order valence-electron chi connectivity index (χ3n) is 2.73. The third-order valence-corrected chi connectivity index (χ3v) is 2.73. The molecule has 2 rings (SSSR count). The molecule has 0 aliphatic heterocycles. The number of rotatable bonds is 5. The van der Waals surface area contributed by atoms with Gasteiger partial charge in [-0.3, -0.25) is 0 Å². The number of aromatic nitrogens is 2. The first-order chi connectivity index (χ1) is 8.65. The molecule has 2 aromatic rings. The van der Waals surface area contributed by atoms with E-state index in [0.717, 1.165) is 19.5 Å². The van der Waals surface area contributed by atoms with E-state index in [1.165, 1.54) is 6.07 Å². The zero-order valence-electron chi connectivity index (χ0n) is 10.4. The zero-order chi connectivity index (χ0) is 13.0. The number of nitrogens with two attached hydrogens (primary N) is 1. The number of halogens is 1. The summed E-state index contributed by atoms with van der Waals surface area (Å²) >= 11 is 0. The van der Waals surface area contributed by atoms with Crippen molar-refractivity contribution in [3.05, 3.63) is 42.7 Å². The average Bonchev–Trinajstić information content (AvgIpc) is 2.73. The Morgan fingerprint density at radius 1 is 1.44 bits per heavy atom. The first kappa shape index (κ1) is 12.4. The largest absolute Gasteiger partial charge is 0.399 e. The van der Waals surface area contributed by atoms with E-state index in [9.17, 15) is 4.39 Å². The van der Waals surface area contributed by atoms with Gasteiger partial charge in [0.05, 0.1) is 19.3 Å². The second kappa shape index (κ2) is 5.53. The van der Waals surface area contributed by atoms with Crippen molar-refractivity contribution in [1.82, 2.24) is 4.57 Å². The maximum Gasteiger partial charge on any atom is 0.243 e. The van der Waals surface area contributed by atoms with Gasteiger partial charge in [-0.05, 0) is 18.2 Å². The SMILES string of the molecule is C[n+]1ccn(CCCNc2ccc(N)cc2F)c1. The van der Waals surface area contributed by atoms with Crippen LogP contribution in [0, 0.1) is 5.82 Å². The van der Waals surface area contributed by atoms with Gasteiger partial charge in [0.25, 0.3) is 0 Å². The topological polar surface area (TPSA) is 46.9 Å². The zero-order valence-corrected chi connectivity index (χ0v) is 10.4. The second-order valence-corrected chi connectivity index (χ2v) is 4.34. The number of imidazole rings is 1. The fourth-order valence-electron chi connectivity index (χ4n) is 1.79. The summed E-state index contributed by atoms with van der Waals surface area (Å²) in [6.45, 7) is 1.63. The quantitative estimate of drug-likeness (QED) is 0.479. The van der Waals surface area contributed by atoms with E-state index in [1.54, 1.807) is 12.1 Å². The molecule has 0 unspecified atom stereocenters. The van der Waals surface area contributed by atoms with Crippen LogP contribution in [0.1, 0.15) is 6.42 Å². The summed E-state index contributed by atoms with van der Waals surface area (Å²) in [7, 11) is 1.98. The summed E-state index contributed by atoms with van der Waals surface area (Å²) < 4.78 is 17.5. The van der Waals surface area contributed by atoms with Crippen LogP contribution in [0.4, 0.5) is 15.8 Å². The normalized spacial score (nSPS) is 10.6. The molecule has 1 aromatic carbocycles. The van der Waals surface area contributed by atoms with Crippen molar-refractivity contribution >= 4 is 11.4 Å². The summed E-state index contributed by atoms with van der Waals surface area (Å²) in [5.41, 5.74) is 6.43. The molecule has 0 fully saturated rings. The number of nitrogens with one attached hydrogen (secondary N) is 1. The third kappa shape index (κ3) is 3.23. The van der Waals surface area contributed by atoms with Crippen LogP contribution in [0.5, 0.6) is 0 Å². The number of hydrogen-bond donors (Lipinski definition) is 2. The highest BCUT2D eigenvalue weighted by Gasteiger charge is 2.02. The van der Waals surface area contributed by atoms with Crippen molar-refractivity contribution in [3.8, 4) is 0 Å². The molecule has 0 bridgehead atoms. The fraction of sp³-hybridized carbons (Fsp3) is 0.308. The van der Waals surface area contributed by atoms with Gasteiger partial charge in [-0.1, -0.05) is 0 Å². The van der Waals surface area contributed by atoms with Gasteiger partial charge in [-0.15, -0.1) is 0 Å². The van der Waals surface area contributed by atoms with Crippen LogP contribution in [0.2, 0.25) is 0 Å². The van der Waals surface area contributed by atoms with Gasteiger partial charge in [0.1, 0.15) is 18.2 Å². The van der Waals surface area contributed by atoms with Crippen molar-refractivity contribution in [3.63, 3.8) is 0 Å². The van der Waals surface area contributed by atoms with Crippen molar-refractivity contribution in [2.24, 2.45) is 7.05 Å². The summed E-state index contributed by atoms with van der Waals surface area (Å²) in [5.74, 6) is -0.303. The van der Waals surface area contributed by atoms with Crippen molar-refractivity contribution in [2.45, 2.75) is 13.0 Å². The summed E-state index contributed by atoms with van der Waals surface area (Å²) in [4.78, 5) is 0. The van der Waals surface area contributed by atoms with Gasteiger partial charge in [0.15, 0.2) is 0 Å². The Labute approximate surface area is 106 Å². The highest BCUT2D eigenvalue weighted by molar-refractivity contribution is 5.52. The first-order valence-corrected chi connectivity index (χ1v) is 5.95. The molecular formula is C13H18FN4+. The molecule has 0 spiro atoms. The molecule has 96 valence electrons. The van der Waals surface area contributed by atoms with Crippen LogP contribution in [0.15, 0.2) is 36.9 Å². The lowest BCUT2D eigenvalue weighted by atomic mass is 10.2. The smallest absolute Gasteiger partial charge is 0.243 e. The van der Waals surface area contributed by atoms with Gasteiger partial charge in [0, 0.05) is 18.7 Å². The minimum absolute atomic E-state index is 0.303. The molecule has 0 saturated carbocycles. The Balaban J connectivity index is 1.78. The number of nitrogen functional groups attached to an aromatic ring is 1. The number of anilines is 2. The molecular weight excluding hydrogens is 231 g/mol. The maximum atomic E-state index is 13.5. The van der Waals surface area contributed by atoms with E-state index in [0.29, 0.717) is 11.4 Å². The Kier molecular flexibility index (Phi) is 3.82. The molecule has 4 nitrogen and oxygen atoms in total. The molecule has 3 N–H and O–H groups in total. The van der Waals surface area contributed by atoms with E-state index >= 15 is 0 Å². The van der Waals surface area contributed by atoms with Gasteiger partial charge in [0.2, 0.25) is 6.33 Å². The predicted molar refractivity (Wildman–Crippen MR) is 69.5 cm³/mol. The van der Waals surface area contributed by atoms with Crippen LogP contribution < -0.4 is 15.6 Å². The molecule has 1 aromatic heterocycles. The van der Waals surface area contributed by atoms with Crippen LogP contribution in [-0.4, -0.2) is 11.1 Å². The summed E-state index contributed by atoms with van der Waals surface area (Å²) in [6.07, 6.45) is 6.96. The summed E-state index contributed by atoms with van der Waals surface area (Å²) in [5, 5.41) is 3.07. The number of benzene rings is 1. The van der Waals surface area contributed by atoms with Crippen LogP contribution in [0.3, 0.4) is 0 Å². The highest BCUT2D eigenvalue weighted by atomic mass is 19.1. The molecule has 0 atom stereocenters. The first-order valence-electron chi connectivity index (χ1n) is 5.95.